The Morgan fingerprint density at radius 2 is 1.81 bits per heavy atom. The second-order valence-electron chi connectivity index (χ2n) is 6.80. The molecule has 0 aliphatic carbocycles. The minimum Gasteiger partial charge on any atom is -0.465 e. The predicted molar refractivity (Wildman–Crippen MR) is 122 cm³/mol. The molecule has 4 rings (SSSR count). The van der Waals surface area contributed by atoms with Crippen molar-refractivity contribution >= 4 is 50.2 Å². The predicted octanol–water partition coefficient (Wildman–Crippen LogP) is 5.29. The number of carbonyl (C=O) groups excluding carboxylic acids is 2. The van der Waals surface area contributed by atoms with Crippen LogP contribution in [0.15, 0.2) is 60.8 Å². The molecule has 0 spiro atoms. The highest BCUT2D eigenvalue weighted by molar-refractivity contribution is 7.22. The van der Waals surface area contributed by atoms with E-state index in [9.17, 15) is 9.59 Å². The van der Waals surface area contributed by atoms with E-state index in [2.05, 4.69) is 4.98 Å². The molecule has 0 bridgehead atoms. The SMILES string of the molecule is COC(=O)c1ccc(C(=O)N(Cc2ccccn2)c2nc3c(C)c(Cl)ccc3s2)cc1. The van der Waals surface area contributed by atoms with Gasteiger partial charge in [-0.3, -0.25) is 14.7 Å². The lowest BCUT2D eigenvalue weighted by atomic mass is 10.1. The Bertz CT molecular complexity index is 1260. The summed E-state index contributed by atoms with van der Waals surface area (Å²) in [7, 11) is 1.32. The van der Waals surface area contributed by atoms with Crippen LogP contribution in [-0.4, -0.2) is 29.0 Å². The van der Waals surface area contributed by atoms with Gasteiger partial charge in [-0.2, -0.15) is 0 Å². The second kappa shape index (κ2) is 8.83. The van der Waals surface area contributed by atoms with Gasteiger partial charge in [0.25, 0.3) is 5.91 Å². The molecule has 0 aliphatic rings. The topological polar surface area (TPSA) is 72.4 Å². The maximum absolute atomic E-state index is 13.5. The first-order chi connectivity index (χ1) is 15.0. The molecule has 0 radical (unpaired) electrons. The van der Waals surface area contributed by atoms with Crippen molar-refractivity contribution in [2.75, 3.05) is 12.0 Å². The number of hydrogen-bond donors (Lipinski definition) is 0. The molecule has 0 fully saturated rings. The largest absolute Gasteiger partial charge is 0.465 e. The first kappa shape index (κ1) is 21.0. The highest BCUT2D eigenvalue weighted by atomic mass is 35.5. The summed E-state index contributed by atoms with van der Waals surface area (Å²) < 4.78 is 5.67. The van der Waals surface area contributed by atoms with Crippen molar-refractivity contribution in [3.63, 3.8) is 0 Å². The van der Waals surface area contributed by atoms with Crippen LogP contribution in [0.3, 0.4) is 0 Å². The lowest BCUT2D eigenvalue weighted by Gasteiger charge is -2.19. The number of rotatable bonds is 5. The fraction of sp³-hybridized carbons (Fsp3) is 0.130. The fourth-order valence-electron chi connectivity index (χ4n) is 3.11. The van der Waals surface area contributed by atoms with Gasteiger partial charge in [-0.05, 0) is 61.0 Å². The van der Waals surface area contributed by atoms with Crippen LogP contribution in [0, 0.1) is 6.92 Å². The van der Waals surface area contributed by atoms with Crippen LogP contribution in [0.4, 0.5) is 5.13 Å². The number of methoxy groups -OCH3 is 1. The van der Waals surface area contributed by atoms with Crippen molar-refractivity contribution < 1.29 is 14.3 Å². The van der Waals surface area contributed by atoms with E-state index in [1.807, 2.05) is 37.3 Å². The van der Waals surface area contributed by atoms with Crippen molar-refractivity contribution in [3.05, 3.63) is 88.2 Å². The van der Waals surface area contributed by atoms with Gasteiger partial charge in [0, 0.05) is 16.8 Å². The summed E-state index contributed by atoms with van der Waals surface area (Å²) in [5.41, 5.74) is 3.18. The third kappa shape index (κ3) is 4.28. The summed E-state index contributed by atoms with van der Waals surface area (Å²) in [4.78, 5) is 35.8. The summed E-state index contributed by atoms with van der Waals surface area (Å²) in [6.45, 7) is 2.16. The van der Waals surface area contributed by atoms with E-state index in [0.29, 0.717) is 21.3 Å². The van der Waals surface area contributed by atoms with Gasteiger partial charge in [0.2, 0.25) is 0 Å². The number of thiazole rings is 1. The molecule has 2 aromatic carbocycles. The Morgan fingerprint density at radius 3 is 2.48 bits per heavy atom. The Morgan fingerprint density at radius 1 is 1.06 bits per heavy atom. The number of amides is 1. The van der Waals surface area contributed by atoms with Crippen LogP contribution in [0.25, 0.3) is 10.2 Å². The van der Waals surface area contributed by atoms with Crippen LogP contribution in [0.1, 0.15) is 32.0 Å². The molecule has 4 aromatic rings. The maximum atomic E-state index is 13.5. The average molecular weight is 452 g/mol. The molecule has 0 saturated heterocycles. The Hall–Kier alpha value is -3.29. The Labute approximate surface area is 188 Å². The smallest absolute Gasteiger partial charge is 0.337 e. The van der Waals surface area contributed by atoms with E-state index in [-0.39, 0.29) is 12.5 Å². The summed E-state index contributed by atoms with van der Waals surface area (Å²) in [5.74, 6) is -0.701. The summed E-state index contributed by atoms with van der Waals surface area (Å²) in [6, 6.07) is 15.6. The van der Waals surface area contributed by atoms with Crippen LogP contribution >= 0.6 is 22.9 Å². The third-order valence-corrected chi connectivity index (χ3v) is 6.26. The molecule has 0 unspecified atom stereocenters. The fourth-order valence-corrected chi connectivity index (χ4v) is 4.28. The molecule has 0 N–H and O–H groups in total. The van der Waals surface area contributed by atoms with E-state index in [1.165, 1.54) is 18.4 Å². The van der Waals surface area contributed by atoms with Gasteiger partial charge in [0.05, 0.1) is 35.1 Å². The van der Waals surface area contributed by atoms with Gasteiger partial charge in [-0.15, -0.1) is 0 Å². The molecule has 0 saturated carbocycles. The summed E-state index contributed by atoms with van der Waals surface area (Å²) in [6.07, 6.45) is 1.69. The van der Waals surface area contributed by atoms with E-state index in [4.69, 9.17) is 21.3 Å². The van der Waals surface area contributed by atoms with Crippen LogP contribution < -0.4 is 4.90 Å². The molecule has 2 aromatic heterocycles. The van der Waals surface area contributed by atoms with Crippen molar-refractivity contribution in [1.82, 2.24) is 9.97 Å². The molecular weight excluding hydrogens is 434 g/mol. The monoisotopic (exact) mass is 451 g/mol. The molecule has 156 valence electrons. The van der Waals surface area contributed by atoms with Gasteiger partial charge in [0.1, 0.15) is 0 Å². The van der Waals surface area contributed by atoms with Gasteiger partial charge >= 0.3 is 5.97 Å². The number of pyridine rings is 1. The molecule has 2 heterocycles. The number of carbonyl (C=O) groups is 2. The number of halogens is 1. The second-order valence-corrected chi connectivity index (χ2v) is 8.21. The van der Waals surface area contributed by atoms with E-state index in [0.717, 1.165) is 21.5 Å². The number of esters is 1. The van der Waals surface area contributed by atoms with E-state index >= 15 is 0 Å². The standard InChI is InChI=1S/C23H18ClN3O3S/c1-14-18(24)10-11-19-20(14)26-23(31-19)27(13-17-5-3-4-12-25-17)21(28)15-6-8-16(9-7-15)22(29)30-2/h3-12H,13H2,1-2H3. The molecule has 1 amide bonds. The zero-order valence-electron chi connectivity index (χ0n) is 16.8. The molecular formula is C23H18ClN3O3S. The quantitative estimate of drug-likeness (QED) is 0.385. The molecule has 6 nitrogen and oxygen atoms in total. The number of aromatic nitrogens is 2. The van der Waals surface area contributed by atoms with E-state index in [1.54, 1.807) is 35.4 Å². The molecule has 31 heavy (non-hydrogen) atoms. The summed E-state index contributed by atoms with van der Waals surface area (Å²) in [5, 5.41) is 1.18. The summed E-state index contributed by atoms with van der Waals surface area (Å²) >= 11 is 7.67. The van der Waals surface area contributed by atoms with Crippen LogP contribution in [-0.2, 0) is 11.3 Å². The maximum Gasteiger partial charge on any atom is 0.337 e. The minimum atomic E-state index is -0.456. The number of nitrogens with zero attached hydrogens (tertiary/aromatic N) is 3. The number of ether oxygens (including phenoxy) is 1. The normalized spacial score (nSPS) is 10.8. The number of aryl methyl sites for hydroxylation is 1. The van der Waals surface area contributed by atoms with Crippen molar-refractivity contribution in [1.29, 1.82) is 0 Å². The first-order valence-electron chi connectivity index (χ1n) is 9.43. The average Bonchev–Trinajstić information content (AvgIpc) is 3.24. The van der Waals surface area contributed by atoms with Crippen molar-refractivity contribution in [2.45, 2.75) is 13.5 Å². The molecule has 0 atom stereocenters. The highest BCUT2D eigenvalue weighted by Gasteiger charge is 2.23. The van der Waals surface area contributed by atoms with Gasteiger partial charge < -0.3 is 4.74 Å². The third-order valence-electron chi connectivity index (χ3n) is 4.81. The number of hydrogen-bond acceptors (Lipinski definition) is 6. The Balaban J connectivity index is 1.75. The van der Waals surface area contributed by atoms with Gasteiger partial charge in [0.15, 0.2) is 5.13 Å². The van der Waals surface area contributed by atoms with Crippen molar-refractivity contribution in [3.8, 4) is 0 Å². The number of anilines is 1. The molecule has 8 heteroatoms. The number of fused-ring (bicyclic) bond motifs is 1. The molecule has 0 aliphatic heterocycles. The van der Waals surface area contributed by atoms with Crippen molar-refractivity contribution in [2.24, 2.45) is 0 Å². The van der Waals surface area contributed by atoms with Gasteiger partial charge in [-0.1, -0.05) is 29.0 Å². The lowest BCUT2D eigenvalue weighted by molar-refractivity contribution is 0.0600. The Kier molecular flexibility index (Phi) is 5.97. The highest BCUT2D eigenvalue weighted by Crippen LogP contribution is 2.34. The first-order valence-corrected chi connectivity index (χ1v) is 10.6. The number of benzene rings is 2. The zero-order chi connectivity index (χ0) is 22.0. The van der Waals surface area contributed by atoms with Gasteiger partial charge in [-0.25, -0.2) is 9.78 Å². The minimum absolute atomic E-state index is 0.245. The van der Waals surface area contributed by atoms with Crippen LogP contribution in [0.5, 0.6) is 0 Å². The van der Waals surface area contributed by atoms with E-state index < -0.39 is 5.97 Å². The van der Waals surface area contributed by atoms with Crippen LogP contribution in [0.2, 0.25) is 5.02 Å². The zero-order valence-corrected chi connectivity index (χ0v) is 18.4. The lowest BCUT2D eigenvalue weighted by Crippen LogP contribution is -2.30.